The molecule has 0 unspecified atom stereocenters. The van der Waals surface area contributed by atoms with Crippen LogP contribution < -0.4 is 5.73 Å². The Hall–Kier alpha value is -0.880. The molecule has 0 fully saturated rings. The van der Waals surface area contributed by atoms with Crippen LogP contribution in [0, 0.1) is 0 Å². The van der Waals surface area contributed by atoms with E-state index in [0.29, 0.717) is 0 Å². The summed E-state index contributed by atoms with van der Waals surface area (Å²) in [6.07, 6.45) is 1.05. The van der Waals surface area contributed by atoms with Crippen molar-refractivity contribution in [2.24, 2.45) is 5.73 Å². The number of carbonyl (C=O) groups is 1. The molecule has 0 spiro atoms. The van der Waals surface area contributed by atoms with Crippen LogP contribution in [0.4, 0.5) is 0 Å². The van der Waals surface area contributed by atoms with Gasteiger partial charge in [0.25, 0.3) is 10.1 Å². The minimum absolute atomic E-state index is 0.114. The van der Waals surface area contributed by atoms with Crippen LogP contribution in [-0.2, 0) is 14.9 Å². The maximum Gasteiger partial charge on any atom is 0.268 e. The molecule has 0 radical (unpaired) electrons. The second kappa shape index (κ2) is 3.49. The van der Waals surface area contributed by atoms with Gasteiger partial charge in [0.2, 0.25) is 5.91 Å². The Kier molecular flexibility index (Phi) is 3.21. The van der Waals surface area contributed by atoms with Crippen molar-refractivity contribution in [2.75, 3.05) is 5.75 Å². The summed E-state index contributed by atoms with van der Waals surface area (Å²) in [5, 5.41) is 0. The fourth-order valence-electron chi connectivity index (χ4n) is 0.331. The fourth-order valence-corrected chi connectivity index (χ4v) is 0.792. The lowest BCUT2D eigenvalue weighted by Crippen LogP contribution is -2.13. The summed E-state index contributed by atoms with van der Waals surface area (Å²) >= 11 is 0. The molecule has 0 saturated heterocycles. The van der Waals surface area contributed by atoms with E-state index in [1.54, 1.807) is 0 Å². The van der Waals surface area contributed by atoms with Gasteiger partial charge in [0, 0.05) is 5.57 Å². The normalized spacial score (nSPS) is 13.1. The lowest BCUT2D eigenvalue weighted by molar-refractivity contribution is -0.114. The molecular formula is C5H9NO4S. The van der Waals surface area contributed by atoms with Crippen LogP contribution in [0.5, 0.6) is 0 Å². The SMILES string of the molecule is C/C(=C\CS(=O)(=O)O)C(N)=O. The summed E-state index contributed by atoms with van der Waals surface area (Å²) in [6.45, 7) is 1.37. The van der Waals surface area contributed by atoms with Crippen LogP contribution in [-0.4, -0.2) is 24.6 Å². The standard InChI is InChI=1S/C5H9NO4S/c1-4(5(6)7)2-3-11(8,9)10/h2H,3H2,1H3,(H2,6,7)(H,8,9,10)/b4-2+. The Morgan fingerprint density at radius 3 is 2.36 bits per heavy atom. The minimum atomic E-state index is -4.04. The Balaban J connectivity index is 4.27. The highest BCUT2D eigenvalue weighted by atomic mass is 32.2. The van der Waals surface area contributed by atoms with E-state index in [1.807, 2.05) is 0 Å². The monoisotopic (exact) mass is 179 g/mol. The third-order valence-electron chi connectivity index (χ3n) is 0.989. The molecule has 0 aromatic rings. The molecule has 0 aliphatic carbocycles. The average Bonchev–Trinajstić information content (AvgIpc) is 1.80. The van der Waals surface area contributed by atoms with E-state index in [4.69, 9.17) is 10.3 Å². The second-order valence-corrected chi connectivity index (χ2v) is 3.50. The van der Waals surface area contributed by atoms with Crippen LogP contribution in [0.3, 0.4) is 0 Å². The molecule has 5 nitrogen and oxygen atoms in total. The van der Waals surface area contributed by atoms with Crippen LogP contribution in [0.15, 0.2) is 11.6 Å². The Bertz CT molecular complexity index is 277. The van der Waals surface area contributed by atoms with Gasteiger partial charge in [-0.1, -0.05) is 6.08 Å². The van der Waals surface area contributed by atoms with Crippen molar-refractivity contribution in [3.05, 3.63) is 11.6 Å². The summed E-state index contributed by atoms with van der Waals surface area (Å²) in [5.41, 5.74) is 4.90. The molecular weight excluding hydrogens is 170 g/mol. The quantitative estimate of drug-likeness (QED) is 0.442. The molecule has 0 aromatic heterocycles. The summed E-state index contributed by atoms with van der Waals surface area (Å²) in [7, 11) is -4.04. The molecule has 0 aliphatic heterocycles. The average molecular weight is 179 g/mol. The van der Waals surface area contributed by atoms with Gasteiger partial charge in [0.1, 0.15) is 0 Å². The molecule has 0 saturated carbocycles. The zero-order valence-electron chi connectivity index (χ0n) is 5.94. The number of carbonyl (C=O) groups excluding carboxylic acids is 1. The largest absolute Gasteiger partial charge is 0.366 e. The topological polar surface area (TPSA) is 97.5 Å². The molecule has 0 bridgehead atoms. The maximum absolute atomic E-state index is 10.3. The predicted octanol–water partition coefficient (Wildman–Crippen LogP) is -0.694. The predicted molar refractivity (Wildman–Crippen MR) is 39.4 cm³/mol. The van der Waals surface area contributed by atoms with Gasteiger partial charge in [-0.2, -0.15) is 8.42 Å². The van der Waals surface area contributed by atoms with Gasteiger partial charge in [-0.15, -0.1) is 0 Å². The Morgan fingerprint density at radius 2 is 2.09 bits per heavy atom. The Morgan fingerprint density at radius 1 is 1.64 bits per heavy atom. The van der Waals surface area contributed by atoms with E-state index >= 15 is 0 Å². The molecule has 6 heteroatoms. The van der Waals surface area contributed by atoms with Gasteiger partial charge in [0.15, 0.2) is 0 Å². The summed E-state index contributed by atoms with van der Waals surface area (Å²) in [5.74, 6) is -1.28. The maximum atomic E-state index is 10.3. The molecule has 11 heavy (non-hydrogen) atoms. The van der Waals surface area contributed by atoms with Gasteiger partial charge in [-0.3, -0.25) is 9.35 Å². The van der Waals surface area contributed by atoms with E-state index in [9.17, 15) is 13.2 Å². The van der Waals surface area contributed by atoms with Crippen molar-refractivity contribution in [1.82, 2.24) is 0 Å². The minimum Gasteiger partial charge on any atom is -0.366 e. The van der Waals surface area contributed by atoms with Crippen molar-refractivity contribution in [3.8, 4) is 0 Å². The lowest BCUT2D eigenvalue weighted by atomic mass is 10.3. The van der Waals surface area contributed by atoms with Crippen molar-refractivity contribution >= 4 is 16.0 Å². The van der Waals surface area contributed by atoms with Crippen molar-refractivity contribution in [2.45, 2.75) is 6.92 Å². The number of nitrogens with two attached hydrogens (primary N) is 1. The first-order valence-corrected chi connectivity index (χ1v) is 4.35. The summed E-state index contributed by atoms with van der Waals surface area (Å²) in [6, 6.07) is 0. The molecule has 3 N–H and O–H groups in total. The number of primary amides is 1. The van der Waals surface area contributed by atoms with Crippen LogP contribution in [0.25, 0.3) is 0 Å². The van der Waals surface area contributed by atoms with Gasteiger partial charge in [0.05, 0.1) is 5.75 Å². The zero-order chi connectivity index (χ0) is 9.07. The van der Waals surface area contributed by atoms with Gasteiger partial charge >= 0.3 is 0 Å². The number of hydrogen-bond acceptors (Lipinski definition) is 3. The summed E-state index contributed by atoms with van der Waals surface area (Å²) < 4.78 is 28.5. The van der Waals surface area contributed by atoms with Crippen molar-refractivity contribution in [1.29, 1.82) is 0 Å². The molecule has 0 rings (SSSR count). The van der Waals surface area contributed by atoms with Gasteiger partial charge in [-0.05, 0) is 6.92 Å². The lowest BCUT2D eigenvalue weighted by Gasteiger charge is -1.92. The van der Waals surface area contributed by atoms with Crippen LogP contribution in [0.1, 0.15) is 6.92 Å². The first kappa shape index (κ1) is 10.1. The van der Waals surface area contributed by atoms with Crippen LogP contribution in [0.2, 0.25) is 0 Å². The van der Waals surface area contributed by atoms with E-state index < -0.39 is 21.8 Å². The van der Waals surface area contributed by atoms with Crippen molar-refractivity contribution in [3.63, 3.8) is 0 Å². The summed E-state index contributed by atoms with van der Waals surface area (Å²) in [4.78, 5) is 10.3. The van der Waals surface area contributed by atoms with E-state index in [1.165, 1.54) is 6.92 Å². The molecule has 0 aliphatic rings. The highest BCUT2D eigenvalue weighted by Crippen LogP contribution is 1.92. The molecule has 64 valence electrons. The van der Waals surface area contributed by atoms with Crippen molar-refractivity contribution < 1.29 is 17.8 Å². The fraction of sp³-hybridized carbons (Fsp3) is 0.400. The Labute approximate surface area is 64.6 Å². The van der Waals surface area contributed by atoms with E-state index in [0.717, 1.165) is 6.08 Å². The molecule has 1 amide bonds. The van der Waals surface area contributed by atoms with Crippen LogP contribution >= 0.6 is 0 Å². The zero-order valence-corrected chi connectivity index (χ0v) is 6.76. The van der Waals surface area contributed by atoms with Gasteiger partial charge in [-0.25, -0.2) is 0 Å². The smallest absolute Gasteiger partial charge is 0.268 e. The number of rotatable bonds is 3. The molecule has 0 heterocycles. The third-order valence-corrected chi connectivity index (χ3v) is 1.58. The molecule has 0 atom stereocenters. The first-order valence-electron chi connectivity index (χ1n) is 2.74. The highest BCUT2D eigenvalue weighted by Gasteiger charge is 2.02. The van der Waals surface area contributed by atoms with E-state index in [2.05, 4.69) is 0 Å². The first-order chi connectivity index (χ1) is 4.83. The highest BCUT2D eigenvalue weighted by molar-refractivity contribution is 7.85. The molecule has 0 aromatic carbocycles. The number of amides is 1. The van der Waals surface area contributed by atoms with Gasteiger partial charge < -0.3 is 5.73 Å². The number of hydrogen-bond donors (Lipinski definition) is 2. The van der Waals surface area contributed by atoms with E-state index in [-0.39, 0.29) is 5.57 Å². The second-order valence-electron chi connectivity index (χ2n) is 2.00. The third kappa shape index (κ3) is 5.56.